The largest absolute Gasteiger partial charge is 0.494 e. The number of carbonyl (C=O) groups is 1. The fraction of sp³-hybridized carbons (Fsp3) is 0.581. The smallest absolute Gasteiger partial charge is 0.140 e. The van der Waals surface area contributed by atoms with E-state index in [1.807, 2.05) is 0 Å². The summed E-state index contributed by atoms with van der Waals surface area (Å²) in [6.45, 7) is 5.29. The van der Waals surface area contributed by atoms with Crippen LogP contribution < -0.4 is 4.74 Å². The van der Waals surface area contributed by atoms with Crippen molar-refractivity contribution in [3.8, 4) is 16.9 Å². The number of benzene rings is 2. The Labute approximate surface area is 202 Å². The lowest BCUT2D eigenvalue weighted by Crippen LogP contribution is -2.23. The monoisotopic (exact) mass is 448 g/mol. The molecule has 1 aliphatic carbocycles. The van der Waals surface area contributed by atoms with Gasteiger partial charge in [0.15, 0.2) is 0 Å². The third-order valence-electron chi connectivity index (χ3n) is 7.23. The summed E-state index contributed by atoms with van der Waals surface area (Å²) in [5.74, 6) is 2.10. The molecule has 0 amide bonds. The standard InChI is InChI=1S/C31H44O2/c1-3-5-7-8-9-11-23-33-29-20-18-27(19-21-29)26-14-16-28(17-15-26)30-22-13-25(24-31(30)32)12-10-6-4-2/h14-21,25,30H,3-13,22-24H2,1-2H3/t25-,30+/m1/s1. The van der Waals surface area contributed by atoms with Crippen molar-refractivity contribution in [3.05, 3.63) is 54.1 Å². The Morgan fingerprint density at radius 2 is 1.33 bits per heavy atom. The lowest BCUT2D eigenvalue weighted by molar-refractivity contribution is -0.123. The second-order valence-corrected chi connectivity index (χ2v) is 9.92. The number of ether oxygens (including phenoxy) is 1. The quantitative estimate of drug-likeness (QED) is 0.269. The number of hydrogen-bond acceptors (Lipinski definition) is 2. The van der Waals surface area contributed by atoms with Gasteiger partial charge < -0.3 is 4.74 Å². The maximum Gasteiger partial charge on any atom is 0.140 e. The molecular formula is C31H44O2. The second kappa shape index (κ2) is 14.2. The molecule has 2 heteroatoms. The number of Topliss-reactive ketones (excluding diaryl/α,β-unsaturated/α-hetero) is 1. The van der Waals surface area contributed by atoms with Crippen molar-refractivity contribution >= 4 is 5.78 Å². The molecule has 0 saturated heterocycles. The Kier molecular flexibility index (Phi) is 11.0. The summed E-state index contributed by atoms with van der Waals surface area (Å²) in [5, 5.41) is 0. The molecular weight excluding hydrogens is 404 g/mol. The summed E-state index contributed by atoms with van der Waals surface area (Å²) < 4.78 is 5.92. The minimum Gasteiger partial charge on any atom is -0.494 e. The van der Waals surface area contributed by atoms with E-state index >= 15 is 0 Å². The average molecular weight is 449 g/mol. The van der Waals surface area contributed by atoms with Crippen LogP contribution in [0.1, 0.15) is 109 Å². The van der Waals surface area contributed by atoms with Gasteiger partial charge in [-0.1, -0.05) is 108 Å². The van der Waals surface area contributed by atoms with Crippen LogP contribution in [0.5, 0.6) is 5.75 Å². The number of carbonyl (C=O) groups excluding carboxylic acids is 1. The van der Waals surface area contributed by atoms with Gasteiger partial charge in [-0.05, 0) is 54.0 Å². The Morgan fingerprint density at radius 1 is 0.727 bits per heavy atom. The normalized spacial score (nSPS) is 18.4. The first-order valence-electron chi connectivity index (χ1n) is 13.6. The molecule has 0 spiro atoms. The van der Waals surface area contributed by atoms with Gasteiger partial charge in [0.05, 0.1) is 6.61 Å². The number of unbranched alkanes of at least 4 members (excludes halogenated alkanes) is 7. The maximum absolute atomic E-state index is 12.8. The van der Waals surface area contributed by atoms with Gasteiger partial charge in [0.1, 0.15) is 11.5 Å². The topological polar surface area (TPSA) is 26.3 Å². The first kappa shape index (κ1) is 25.5. The summed E-state index contributed by atoms with van der Waals surface area (Å²) in [6.07, 6.45) is 15.7. The van der Waals surface area contributed by atoms with Gasteiger partial charge in [-0.15, -0.1) is 0 Å². The predicted octanol–water partition coefficient (Wildman–Crippen LogP) is 9.13. The molecule has 1 fully saturated rings. The van der Waals surface area contributed by atoms with Crippen LogP contribution in [-0.2, 0) is 4.79 Å². The van der Waals surface area contributed by atoms with E-state index in [9.17, 15) is 4.79 Å². The van der Waals surface area contributed by atoms with Crippen molar-refractivity contribution in [2.45, 2.75) is 103 Å². The van der Waals surface area contributed by atoms with E-state index in [4.69, 9.17) is 4.74 Å². The molecule has 0 aromatic heterocycles. The first-order chi connectivity index (χ1) is 16.2. The van der Waals surface area contributed by atoms with E-state index in [-0.39, 0.29) is 5.92 Å². The maximum atomic E-state index is 12.8. The fourth-order valence-electron chi connectivity index (χ4n) is 5.10. The first-order valence-corrected chi connectivity index (χ1v) is 13.6. The van der Waals surface area contributed by atoms with Crippen LogP contribution >= 0.6 is 0 Å². The highest BCUT2D eigenvalue weighted by Crippen LogP contribution is 2.36. The fourth-order valence-corrected chi connectivity index (χ4v) is 5.10. The molecule has 0 N–H and O–H groups in total. The van der Waals surface area contributed by atoms with Crippen LogP contribution in [0, 0.1) is 5.92 Å². The van der Waals surface area contributed by atoms with Gasteiger partial charge in [0, 0.05) is 12.3 Å². The molecule has 33 heavy (non-hydrogen) atoms. The number of rotatable bonds is 14. The van der Waals surface area contributed by atoms with Crippen molar-refractivity contribution in [3.63, 3.8) is 0 Å². The van der Waals surface area contributed by atoms with E-state index in [1.165, 1.54) is 80.9 Å². The van der Waals surface area contributed by atoms with Gasteiger partial charge in [-0.25, -0.2) is 0 Å². The van der Waals surface area contributed by atoms with Crippen LogP contribution in [0.15, 0.2) is 48.5 Å². The molecule has 2 aromatic rings. The minimum absolute atomic E-state index is 0.0965. The Balaban J connectivity index is 1.45. The second-order valence-electron chi connectivity index (χ2n) is 9.92. The molecule has 0 unspecified atom stereocenters. The molecule has 0 heterocycles. The lowest BCUT2D eigenvalue weighted by Gasteiger charge is -2.27. The van der Waals surface area contributed by atoms with Crippen molar-refractivity contribution in [1.82, 2.24) is 0 Å². The van der Waals surface area contributed by atoms with E-state index in [1.54, 1.807) is 0 Å². The third kappa shape index (κ3) is 8.32. The highest BCUT2D eigenvalue weighted by atomic mass is 16.5. The molecule has 1 saturated carbocycles. The Hall–Kier alpha value is -2.09. The van der Waals surface area contributed by atoms with Crippen molar-refractivity contribution < 1.29 is 9.53 Å². The molecule has 2 aromatic carbocycles. The SMILES string of the molecule is CCCCCCCCOc1ccc(-c2ccc([C@@H]3CC[C@@H](CCCCC)CC3=O)cc2)cc1. The zero-order chi connectivity index (χ0) is 23.3. The highest BCUT2D eigenvalue weighted by Gasteiger charge is 2.29. The van der Waals surface area contributed by atoms with E-state index in [0.717, 1.165) is 31.6 Å². The van der Waals surface area contributed by atoms with Crippen LogP contribution in [0.2, 0.25) is 0 Å². The Bertz CT molecular complexity index is 806. The zero-order valence-electron chi connectivity index (χ0n) is 21.0. The Morgan fingerprint density at radius 3 is 2.00 bits per heavy atom. The zero-order valence-corrected chi connectivity index (χ0v) is 21.0. The average Bonchev–Trinajstić information content (AvgIpc) is 2.84. The van der Waals surface area contributed by atoms with Crippen molar-refractivity contribution in [1.29, 1.82) is 0 Å². The molecule has 0 bridgehead atoms. The van der Waals surface area contributed by atoms with Gasteiger partial charge >= 0.3 is 0 Å². The van der Waals surface area contributed by atoms with E-state index in [0.29, 0.717) is 11.7 Å². The van der Waals surface area contributed by atoms with Gasteiger partial charge in [0.2, 0.25) is 0 Å². The summed E-state index contributed by atoms with van der Waals surface area (Å²) in [6, 6.07) is 17.1. The molecule has 0 radical (unpaired) electrons. The third-order valence-corrected chi connectivity index (χ3v) is 7.23. The lowest BCUT2D eigenvalue weighted by atomic mass is 9.76. The van der Waals surface area contributed by atoms with Crippen LogP contribution in [0.3, 0.4) is 0 Å². The molecule has 180 valence electrons. The van der Waals surface area contributed by atoms with Gasteiger partial charge in [-0.2, -0.15) is 0 Å². The predicted molar refractivity (Wildman–Crippen MR) is 140 cm³/mol. The van der Waals surface area contributed by atoms with Crippen LogP contribution in [0.4, 0.5) is 0 Å². The number of hydrogen-bond donors (Lipinski definition) is 0. The van der Waals surface area contributed by atoms with Crippen LogP contribution in [0.25, 0.3) is 11.1 Å². The molecule has 1 aliphatic rings. The molecule has 2 atom stereocenters. The highest BCUT2D eigenvalue weighted by molar-refractivity contribution is 5.86. The molecule has 2 nitrogen and oxygen atoms in total. The van der Waals surface area contributed by atoms with Crippen molar-refractivity contribution in [2.75, 3.05) is 6.61 Å². The summed E-state index contributed by atoms with van der Waals surface area (Å²) in [4.78, 5) is 12.8. The minimum atomic E-state index is 0.0965. The number of ketones is 1. The summed E-state index contributed by atoms with van der Waals surface area (Å²) >= 11 is 0. The van der Waals surface area contributed by atoms with Gasteiger partial charge in [-0.3, -0.25) is 4.79 Å². The van der Waals surface area contributed by atoms with Crippen molar-refractivity contribution in [2.24, 2.45) is 5.92 Å². The summed E-state index contributed by atoms with van der Waals surface area (Å²) in [7, 11) is 0. The van der Waals surface area contributed by atoms with E-state index in [2.05, 4.69) is 62.4 Å². The summed E-state index contributed by atoms with van der Waals surface area (Å²) in [5.41, 5.74) is 3.58. The molecule has 3 rings (SSSR count). The molecule has 0 aliphatic heterocycles. The van der Waals surface area contributed by atoms with Crippen LogP contribution in [-0.4, -0.2) is 12.4 Å². The van der Waals surface area contributed by atoms with Gasteiger partial charge in [0.25, 0.3) is 0 Å². The van der Waals surface area contributed by atoms with E-state index < -0.39 is 0 Å².